The van der Waals surface area contributed by atoms with Crippen LogP contribution in [-0.2, 0) is 6.54 Å². The fourth-order valence-corrected chi connectivity index (χ4v) is 2.28. The molecule has 94 valence electrons. The molecule has 1 saturated heterocycles. The van der Waals surface area contributed by atoms with Crippen molar-refractivity contribution >= 4 is 0 Å². The molecule has 1 aliphatic heterocycles. The Morgan fingerprint density at radius 1 is 1.35 bits per heavy atom. The number of nitrogens with zero attached hydrogens (tertiary/aromatic N) is 2. The van der Waals surface area contributed by atoms with Gasteiger partial charge in [-0.2, -0.15) is 0 Å². The zero-order chi connectivity index (χ0) is 12.3. The zero-order valence-electron chi connectivity index (χ0n) is 11.2. The smallest absolute Gasteiger partial charge is 0.0544 e. The predicted octanol–water partition coefficient (Wildman–Crippen LogP) is 1.96. The van der Waals surface area contributed by atoms with Crippen molar-refractivity contribution < 1.29 is 0 Å². The van der Waals surface area contributed by atoms with E-state index >= 15 is 0 Å². The summed E-state index contributed by atoms with van der Waals surface area (Å²) in [6.07, 6.45) is 4.39. The Bertz CT molecular complexity index is 350. The van der Waals surface area contributed by atoms with Crippen molar-refractivity contribution in [3.05, 3.63) is 29.6 Å². The van der Waals surface area contributed by atoms with E-state index in [0.29, 0.717) is 5.54 Å². The Morgan fingerprint density at radius 3 is 2.59 bits per heavy atom. The fraction of sp³-hybridized carbons (Fsp3) is 0.643. The van der Waals surface area contributed by atoms with Gasteiger partial charge >= 0.3 is 0 Å². The van der Waals surface area contributed by atoms with Crippen LogP contribution in [0.1, 0.15) is 31.0 Å². The van der Waals surface area contributed by atoms with Gasteiger partial charge in [-0.3, -0.25) is 9.88 Å². The van der Waals surface area contributed by atoms with Gasteiger partial charge in [0.15, 0.2) is 0 Å². The summed E-state index contributed by atoms with van der Waals surface area (Å²) in [5, 5.41) is 3.43. The quantitative estimate of drug-likeness (QED) is 0.865. The number of rotatable bonds is 3. The van der Waals surface area contributed by atoms with E-state index in [1.165, 1.54) is 24.1 Å². The first kappa shape index (κ1) is 12.5. The lowest BCUT2D eigenvalue weighted by molar-refractivity contribution is 0.145. The number of hydrogen-bond acceptors (Lipinski definition) is 3. The molecule has 2 rings (SSSR count). The van der Waals surface area contributed by atoms with Crippen molar-refractivity contribution in [1.29, 1.82) is 0 Å². The highest BCUT2D eigenvalue weighted by atomic mass is 15.2. The molecule has 0 atom stereocenters. The normalized spacial score (nSPS) is 20.4. The number of pyridine rings is 1. The molecule has 0 aliphatic carbocycles. The SMILES string of the molecule is CNC1(C)CCN(Cc2ccc(C)cn2)CC1. The molecule has 1 aromatic heterocycles. The summed E-state index contributed by atoms with van der Waals surface area (Å²) < 4.78 is 0. The van der Waals surface area contributed by atoms with E-state index in [4.69, 9.17) is 0 Å². The molecule has 0 unspecified atom stereocenters. The lowest BCUT2D eigenvalue weighted by Gasteiger charge is -2.39. The van der Waals surface area contributed by atoms with Gasteiger partial charge in [0.1, 0.15) is 0 Å². The summed E-state index contributed by atoms with van der Waals surface area (Å²) in [6, 6.07) is 4.28. The van der Waals surface area contributed by atoms with Gasteiger partial charge in [-0.05, 0) is 45.4 Å². The highest BCUT2D eigenvalue weighted by Crippen LogP contribution is 2.21. The Labute approximate surface area is 104 Å². The van der Waals surface area contributed by atoms with Crippen LogP contribution in [-0.4, -0.2) is 35.6 Å². The van der Waals surface area contributed by atoms with E-state index in [2.05, 4.69) is 48.2 Å². The molecule has 1 aromatic rings. The summed E-state index contributed by atoms with van der Waals surface area (Å²) in [5.74, 6) is 0. The predicted molar refractivity (Wildman–Crippen MR) is 70.9 cm³/mol. The van der Waals surface area contributed by atoms with Gasteiger partial charge < -0.3 is 5.32 Å². The van der Waals surface area contributed by atoms with Crippen LogP contribution in [0.15, 0.2) is 18.3 Å². The minimum atomic E-state index is 0.331. The Hall–Kier alpha value is -0.930. The number of piperidine rings is 1. The average Bonchev–Trinajstić information content (AvgIpc) is 2.35. The van der Waals surface area contributed by atoms with Gasteiger partial charge in [0.25, 0.3) is 0 Å². The first-order valence-electron chi connectivity index (χ1n) is 6.44. The van der Waals surface area contributed by atoms with Crippen LogP contribution in [0.5, 0.6) is 0 Å². The highest BCUT2D eigenvalue weighted by molar-refractivity contribution is 5.12. The van der Waals surface area contributed by atoms with Crippen molar-refractivity contribution in [1.82, 2.24) is 15.2 Å². The summed E-state index contributed by atoms with van der Waals surface area (Å²) >= 11 is 0. The number of aromatic nitrogens is 1. The van der Waals surface area contributed by atoms with Gasteiger partial charge in [-0.25, -0.2) is 0 Å². The zero-order valence-corrected chi connectivity index (χ0v) is 11.2. The second-order valence-corrected chi connectivity index (χ2v) is 5.41. The number of likely N-dealkylation sites (tertiary alicyclic amines) is 1. The maximum atomic E-state index is 4.47. The molecular formula is C14H23N3. The molecule has 0 spiro atoms. The third-order valence-electron chi connectivity index (χ3n) is 3.92. The first-order chi connectivity index (χ1) is 8.11. The van der Waals surface area contributed by atoms with Crippen LogP contribution in [0.4, 0.5) is 0 Å². The van der Waals surface area contributed by atoms with E-state index in [1.54, 1.807) is 0 Å². The number of hydrogen-bond donors (Lipinski definition) is 1. The molecule has 1 N–H and O–H groups in total. The molecule has 2 heterocycles. The topological polar surface area (TPSA) is 28.2 Å². The van der Waals surface area contributed by atoms with E-state index in [9.17, 15) is 0 Å². The molecule has 3 nitrogen and oxygen atoms in total. The van der Waals surface area contributed by atoms with E-state index in [-0.39, 0.29) is 0 Å². The highest BCUT2D eigenvalue weighted by Gasteiger charge is 2.28. The largest absolute Gasteiger partial charge is 0.314 e. The third-order valence-corrected chi connectivity index (χ3v) is 3.92. The molecule has 17 heavy (non-hydrogen) atoms. The standard InChI is InChI=1S/C14H23N3/c1-12-4-5-13(16-10-12)11-17-8-6-14(2,15-3)7-9-17/h4-5,10,15H,6-9,11H2,1-3H3. The molecular weight excluding hydrogens is 210 g/mol. The summed E-state index contributed by atoms with van der Waals surface area (Å²) in [5.41, 5.74) is 2.75. The lowest BCUT2D eigenvalue weighted by atomic mass is 9.90. The number of nitrogens with one attached hydrogen (secondary N) is 1. The van der Waals surface area contributed by atoms with Gasteiger partial charge in [0.05, 0.1) is 5.69 Å². The fourth-order valence-electron chi connectivity index (χ4n) is 2.28. The molecule has 1 fully saturated rings. The average molecular weight is 233 g/mol. The van der Waals surface area contributed by atoms with Crippen molar-refractivity contribution in [3.63, 3.8) is 0 Å². The minimum absolute atomic E-state index is 0.331. The molecule has 0 aromatic carbocycles. The minimum Gasteiger partial charge on any atom is -0.314 e. The maximum absolute atomic E-state index is 4.47. The lowest BCUT2D eigenvalue weighted by Crippen LogP contribution is -2.49. The van der Waals surface area contributed by atoms with Crippen LogP contribution in [0, 0.1) is 6.92 Å². The molecule has 0 amide bonds. The first-order valence-corrected chi connectivity index (χ1v) is 6.44. The van der Waals surface area contributed by atoms with Crippen molar-refractivity contribution in [2.45, 2.75) is 38.8 Å². The van der Waals surface area contributed by atoms with Gasteiger partial charge in [-0.1, -0.05) is 6.07 Å². The van der Waals surface area contributed by atoms with Crippen LogP contribution >= 0.6 is 0 Å². The molecule has 0 bridgehead atoms. The molecule has 1 aliphatic rings. The summed E-state index contributed by atoms with van der Waals surface area (Å²) in [6.45, 7) is 7.70. The Kier molecular flexibility index (Phi) is 3.79. The second kappa shape index (κ2) is 5.15. The Balaban J connectivity index is 1.88. The summed E-state index contributed by atoms with van der Waals surface area (Å²) in [4.78, 5) is 6.97. The van der Waals surface area contributed by atoms with Crippen molar-refractivity contribution in [2.24, 2.45) is 0 Å². The third kappa shape index (κ3) is 3.27. The molecule has 0 saturated carbocycles. The van der Waals surface area contributed by atoms with E-state index < -0.39 is 0 Å². The van der Waals surface area contributed by atoms with Crippen LogP contribution in [0.2, 0.25) is 0 Å². The van der Waals surface area contributed by atoms with E-state index in [1.807, 2.05) is 6.20 Å². The molecule has 3 heteroatoms. The van der Waals surface area contributed by atoms with Crippen molar-refractivity contribution in [2.75, 3.05) is 20.1 Å². The van der Waals surface area contributed by atoms with E-state index in [0.717, 1.165) is 19.6 Å². The molecule has 0 radical (unpaired) electrons. The van der Waals surface area contributed by atoms with Crippen LogP contribution in [0.25, 0.3) is 0 Å². The van der Waals surface area contributed by atoms with Gasteiger partial charge in [0.2, 0.25) is 0 Å². The Morgan fingerprint density at radius 2 is 2.06 bits per heavy atom. The van der Waals surface area contributed by atoms with Gasteiger partial charge in [0, 0.05) is 31.4 Å². The van der Waals surface area contributed by atoms with Gasteiger partial charge in [-0.15, -0.1) is 0 Å². The summed E-state index contributed by atoms with van der Waals surface area (Å²) in [7, 11) is 2.07. The van der Waals surface area contributed by atoms with Crippen LogP contribution < -0.4 is 5.32 Å². The van der Waals surface area contributed by atoms with Crippen LogP contribution in [0.3, 0.4) is 0 Å². The maximum Gasteiger partial charge on any atom is 0.0544 e. The monoisotopic (exact) mass is 233 g/mol. The second-order valence-electron chi connectivity index (χ2n) is 5.41. The number of aryl methyl sites for hydroxylation is 1. The van der Waals surface area contributed by atoms with Crippen molar-refractivity contribution in [3.8, 4) is 0 Å².